The highest BCUT2D eigenvalue weighted by molar-refractivity contribution is 6.33. The van der Waals surface area contributed by atoms with Crippen molar-refractivity contribution in [2.24, 2.45) is 34.5 Å². The summed E-state index contributed by atoms with van der Waals surface area (Å²) in [7, 11) is 4.39. The Bertz CT molecular complexity index is 1730. The van der Waals surface area contributed by atoms with Gasteiger partial charge in [0.05, 0.1) is 23.2 Å². The van der Waals surface area contributed by atoms with Crippen LogP contribution in [0, 0.1) is 28.6 Å². The summed E-state index contributed by atoms with van der Waals surface area (Å²) in [4.78, 5) is 82.1. The van der Waals surface area contributed by atoms with E-state index in [4.69, 9.17) is 17.2 Å². The van der Waals surface area contributed by atoms with E-state index in [2.05, 4.69) is 10.9 Å². The van der Waals surface area contributed by atoms with Crippen LogP contribution in [0.25, 0.3) is 11.1 Å². The minimum atomic E-state index is -2.82. The summed E-state index contributed by atoms with van der Waals surface area (Å²) in [5, 5.41) is 21.4. The smallest absolute Gasteiger partial charge is 0.265 e. The van der Waals surface area contributed by atoms with E-state index >= 15 is 0 Å². The molecule has 0 spiro atoms. The van der Waals surface area contributed by atoms with Gasteiger partial charge in [-0.05, 0) is 61.8 Å². The van der Waals surface area contributed by atoms with Gasteiger partial charge in [-0.25, -0.2) is 5.43 Å². The molecule has 3 aliphatic rings. The van der Waals surface area contributed by atoms with Gasteiger partial charge in [0.2, 0.25) is 5.91 Å². The van der Waals surface area contributed by atoms with E-state index in [0.717, 1.165) is 0 Å². The van der Waals surface area contributed by atoms with E-state index in [-0.39, 0.29) is 23.1 Å². The van der Waals surface area contributed by atoms with Crippen LogP contribution in [-0.4, -0.2) is 83.2 Å². The quantitative estimate of drug-likeness (QED) is 0.166. The van der Waals surface area contributed by atoms with Gasteiger partial charge in [0.25, 0.3) is 5.91 Å². The molecule has 228 valence electrons. The van der Waals surface area contributed by atoms with Crippen molar-refractivity contribution in [3.05, 3.63) is 53.1 Å². The minimum absolute atomic E-state index is 0.233. The molecule has 3 unspecified atom stereocenters. The molecule has 0 aromatic heterocycles. The Balaban J connectivity index is 1.74. The first-order valence-electron chi connectivity index (χ1n) is 13.6. The van der Waals surface area contributed by atoms with Gasteiger partial charge < -0.3 is 22.3 Å². The number of hydrogen-bond acceptors (Lipinski definition) is 12. The molecule has 0 bridgehead atoms. The van der Waals surface area contributed by atoms with Gasteiger partial charge >= 0.3 is 0 Å². The maximum atomic E-state index is 14.4. The van der Waals surface area contributed by atoms with E-state index in [1.165, 1.54) is 38.2 Å². The van der Waals surface area contributed by atoms with Crippen molar-refractivity contribution in [1.29, 1.82) is 5.26 Å². The maximum Gasteiger partial charge on any atom is 0.265 e. The highest BCUT2D eigenvalue weighted by Gasteiger charge is 2.78. The summed E-state index contributed by atoms with van der Waals surface area (Å²) in [6, 6.07) is 9.43. The first kappa shape index (κ1) is 30.6. The number of aromatic hydroxyl groups is 1. The topological polar surface area (TPSA) is 252 Å². The molecule has 2 aromatic carbocycles. The second-order valence-electron chi connectivity index (χ2n) is 11.9. The molecular weight excluding hydrogens is 570 g/mol. The van der Waals surface area contributed by atoms with E-state index in [1.54, 1.807) is 30.3 Å². The number of nitrogens with zero attached hydrogens (tertiary/aromatic N) is 2. The Morgan fingerprint density at radius 2 is 1.77 bits per heavy atom. The largest absolute Gasteiger partial charge is 0.507 e. The van der Waals surface area contributed by atoms with Gasteiger partial charge in [0.15, 0.2) is 34.5 Å². The number of phenols is 1. The van der Waals surface area contributed by atoms with Crippen molar-refractivity contribution in [2.75, 3.05) is 21.1 Å². The molecule has 0 heterocycles. The van der Waals surface area contributed by atoms with Crippen molar-refractivity contribution >= 4 is 34.9 Å². The second kappa shape index (κ2) is 10.1. The summed E-state index contributed by atoms with van der Waals surface area (Å²) in [6.45, 7) is 0. The lowest BCUT2D eigenvalue weighted by Gasteiger charge is -2.60. The summed E-state index contributed by atoms with van der Waals surface area (Å²) >= 11 is 0. The standard InChI is InChI=1S/C30H31N7O7/c1-35-36-27(44)14-6-4-5-13(9-14)15-7-8-17(38)18-16(15)10-28(33)11-30(34)23(37(2)3)22(40)19(26(32)43)24(41)29(30,12-31)25(42)20(28)21(18)39/h4-9,19-20,23,35,38H,10-11,33-34H2,1-3H3,(H2,32,43)(H,36,44)/t19?,20?,23?,28-,29+,30-/m1/s1. The van der Waals surface area contributed by atoms with Crippen LogP contribution >= 0.6 is 0 Å². The third-order valence-corrected chi connectivity index (χ3v) is 9.15. The average Bonchev–Trinajstić information content (AvgIpc) is 2.92. The highest BCUT2D eigenvalue weighted by Crippen LogP contribution is 2.57. The average molecular weight is 602 g/mol. The molecule has 6 atom stereocenters. The summed E-state index contributed by atoms with van der Waals surface area (Å²) in [6.07, 6.45) is -0.760. The number of carbonyl (C=O) groups excluding carboxylic acids is 6. The zero-order valence-electron chi connectivity index (χ0n) is 24.1. The van der Waals surface area contributed by atoms with Crippen LogP contribution in [-0.2, 0) is 25.6 Å². The molecule has 2 saturated carbocycles. The predicted octanol–water partition coefficient (Wildman–Crippen LogP) is -1.66. The number of hydrogen-bond donors (Lipinski definition) is 6. The van der Waals surface area contributed by atoms with Crippen molar-refractivity contribution in [1.82, 2.24) is 15.8 Å². The Morgan fingerprint density at radius 1 is 1.09 bits per heavy atom. The molecule has 0 saturated heterocycles. The molecule has 2 fully saturated rings. The molecule has 3 aliphatic carbocycles. The number of rotatable bonds is 5. The lowest BCUT2D eigenvalue weighted by atomic mass is 9.42. The fourth-order valence-electron chi connectivity index (χ4n) is 7.49. The lowest BCUT2D eigenvalue weighted by molar-refractivity contribution is -0.166. The molecule has 14 nitrogen and oxygen atoms in total. The molecule has 0 aliphatic heterocycles. The van der Waals surface area contributed by atoms with Gasteiger partial charge in [-0.1, -0.05) is 18.2 Å². The maximum absolute atomic E-state index is 14.4. The number of hydrazine groups is 1. The van der Waals surface area contributed by atoms with Crippen LogP contribution in [0.2, 0.25) is 0 Å². The Morgan fingerprint density at radius 3 is 2.36 bits per heavy atom. The third kappa shape index (κ3) is 3.87. The van der Waals surface area contributed by atoms with Gasteiger partial charge in [-0.2, -0.15) is 5.26 Å². The number of fused-ring (bicyclic) bond motifs is 3. The van der Waals surface area contributed by atoms with Crippen LogP contribution in [0.3, 0.4) is 0 Å². The number of nitrogens with one attached hydrogen (secondary N) is 2. The first-order valence-corrected chi connectivity index (χ1v) is 13.6. The van der Waals surface area contributed by atoms with Crippen molar-refractivity contribution < 1.29 is 33.9 Å². The Hall–Kier alpha value is -4.81. The number of likely N-dealkylation sites (N-methyl/N-ethyl adjacent to an activating group) is 1. The number of amides is 2. The van der Waals surface area contributed by atoms with E-state index in [9.17, 15) is 39.1 Å². The lowest BCUT2D eigenvalue weighted by Crippen LogP contribution is -2.85. The number of nitrogens with two attached hydrogens (primary N) is 3. The van der Waals surface area contributed by atoms with Crippen molar-refractivity contribution in [3.8, 4) is 22.9 Å². The normalized spacial score (nSPS) is 31.1. The molecule has 9 N–H and O–H groups in total. The van der Waals surface area contributed by atoms with Crippen LogP contribution < -0.4 is 28.1 Å². The molecule has 44 heavy (non-hydrogen) atoms. The van der Waals surface area contributed by atoms with E-state index in [1.807, 2.05) is 0 Å². The van der Waals surface area contributed by atoms with Crippen LogP contribution in [0.5, 0.6) is 5.75 Å². The van der Waals surface area contributed by atoms with Crippen molar-refractivity contribution in [3.63, 3.8) is 0 Å². The molecule has 0 radical (unpaired) electrons. The number of nitriles is 1. The van der Waals surface area contributed by atoms with Crippen LogP contribution in [0.1, 0.15) is 32.7 Å². The van der Waals surface area contributed by atoms with Gasteiger partial charge in [0.1, 0.15) is 11.7 Å². The highest BCUT2D eigenvalue weighted by atomic mass is 16.3. The van der Waals surface area contributed by atoms with E-state index < -0.39 is 81.5 Å². The molecule has 14 heteroatoms. The fraction of sp³-hybridized carbons (Fsp3) is 0.367. The third-order valence-electron chi connectivity index (χ3n) is 9.15. The second-order valence-corrected chi connectivity index (χ2v) is 11.9. The Kier molecular flexibility index (Phi) is 7.06. The number of benzene rings is 2. The minimum Gasteiger partial charge on any atom is -0.507 e. The summed E-state index contributed by atoms with van der Waals surface area (Å²) in [5.41, 5.74) is 18.5. The summed E-state index contributed by atoms with van der Waals surface area (Å²) in [5.74, 6) is -10.8. The predicted molar refractivity (Wildman–Crippen MR) is 153 cm³/mol. The van der Waals surface area contributed by atoms with E-state index in [0.29, 0.717) is 11.1 Å². The SMILES string of the molecule is CNNC(=O)c1cccc(-c2ccc(O)c3c2C[C@@]2(N)C[C@@]4(N)C(N(C)C)C(=O)C(C(N)=O)C(=O)[C@@]4(C#N)C(=O)C2C3=O)c1. The summed E-state index contributed by atoms with van der Waals surface area (Å²) < 4.78 is 0. The van der Waals surface area contributed by atoms with Gasteiger partial charge in [0, 0.05) is 18.2 Å². The number of primary amides is 1. The molecule has 5 rings (SSSR count). The zero-order chi connectivity index (χ0) is 32.5. The molecular formula is C30H31N7O7. The number of Topliss-reactive ketones (excluding diaryl/α,β-unsaturated/α-hetero) is 4. The Labute approximate surface area is 251 Å². The number of ketones is 4. The molecule has 2 aromatic rings. The molecule has 2 amide bonds. The first-order chi connectivity index (χ1) is 20.6. The fourth-order valence-corrected chi connectivity index (χ4v) is 7.49. The monoisotopic (exact) mass is 601 g/mol. The number of carbonyl (C=O) groups is 6. The van der Waals surface area contributed by atoms with Crippen LogP contribution in [0.15, 0.2) is 36.4 Å². The number of phenolic OH excluding ortho intramolecular Hbond substituents is 1. The van der Waals surface area contributed by atoms with Crippen molar-refractivity contribution in [2.45, 2.75) is 30.0 Å². The van der Waals surface area contributed by atoms with Gasteiger partial charge in [-0.3, -0.25) is 39.1 Å². The van der Waals surface area contributed by atoms with Gasteiger partial charge in [-0.15, -0.1) is 0 Å². The zero-order valence-corrected chi connectivity index (χ0v) is 24.1. The van der Waals surface area contributed by atoms with Crippen LogP contribution in [0.4, 0.5) is 0 Å².